The lowest BCUT2D eigenvalue weighted by Gasteiger charge is -2.26. The Morgan fingerprint density at radius 1 is 1.14 bits per heavy atom. The van der Waals surface area contributed by atoms with Crippen LogP contribution in [0.15, 0.2) is 17.5 Å². The number of pyridine rings is 1. The smallest absolute Gasteiger partial charge is 0.223 e. The van der Waals surface area contributed by atoms with Crippen molar-refractivity contribution in [2.24, 2.45) is 5.16 Å². The second-order valence-electron chi connectivity index (χ2n) is 9.00. The van der Waals surface area contributed by atoms with Gasteiger partial charge in [-0.3, -0.25) is 9.59 Å². The topological polar surface area (TPSA) is 157 Å². The van der Waals surface area contributed by atoms with E-state index in [-0.39, 0.29) is 48.6 Å². The molecule has 2 aliphatic rings. The lowest BCUT2D eigenvalue weighted by molar-refractivity contribution is -0.133. The maximum atomic E-state index is 12.2. The normalized spacial score (nSPS) is 19.1. The summed E-state index contributed by atoms with van der Waals surface area (Å²) in [5, 5.41) is 18.2. The summed E-state index contributed by atoms with van der Waals surface area (Å²) in [7, 11) is 0.0521. The third kappa shape index (κ3) is 5.24. The number of hydrogen-bond acceptors (Lipinski definition) is 9. The minimum Gasteiger partial charge on any atom is -0.387 e. The van der Waals surface area contributed by atoms with Crippen molar-refractivity contribution in [3.63, 3.8) is 0 Å². The van der Waals surface area contributed by atoms with E-state index in [1.165, 1.54) is 14.1 Å². The third-order valence-corrected chi connectivity index (χ3v) is 8.26. The molecular formula is C22H31N7O5S. The zero-order chi connectivity index (χ0) is 25.2. The zero-order valence-corrected chi connectivity index (χ0v) is 20.9. The zero-order valence-electron chi connectivity index (χ0n) is 20.1. The van der Waals surface area contributed by atoms with Gasteiger partial charge in [-0.05, 0) is 19.8 Å². The fourth-order valence-electron chi connectivity index (χ4n) is 4.55. The molecule has 12 nitrogen and oxygen atoms in total. The summed E-state index contributed by atoms with van der Waals surface area (Å²) >= 11 is 0. The molecule has 0 unspecified atom stereocenters. The summed E-state index contributed by atoms with van der Waals surface area (Å²) in [4.78, 5) is 34.8. The van der Waals surface area contributed by atoms with Crippen LogP contribution in [0, 0.1) is 0 Å². The van der Waals surface area contributed by atoms with Crippen LogP contribution >= 0.6 is 0 Å². The Morgan fingerprint density at radius 2 is 1.80 bits per heavy atom. The van der Waals surface area contributed by atoms with Crippen LogP contribution in [0.4, 0.5) is 5.69 Å². The van der Waals surface area contributed by atoms with E-state index >= 15 is 0 Å². The highest BCUT2D eigenvalue weighted by Gasteiger charge is 2.44. The summed E-state index contributed by atoms with van der Waals surface area (Å²) in [6, 6.07) is -0.0442. The van der Waals surface area contributed by atoms with E-state index in [0.29, 0.717) is 36.3 Å². The van der Waals surface area contributed by atoms with Crippen LogP contribution in [0.5, 0.6) is 0 Å². The van der Waals surface area contributed by atoms with Crippen molar-refractivity contribution in [3.8, 4) is 0 Å². The third-order valence-electron chi connectivity index (χ3n) is 6.54. The number of aryl methyl sites for hydroxylation is 1. The molecule has 4 rings (SSSR count). The highest BCUT2D eigenvalue weighted by atomic mass is 32.2. The van der Waals surface area contributed by atoms with Gasteiger partial charge in [0.15, 0.2) is 11.2 Å². The molecule has 190 valence electrons. The van der Waals surface area contributed by atoms with Crippen LogP contribution in [0.25, 0.3) is 11.0 Å². The number of carbonyl (C=O) groups is 2. The van der Waals surface area contributed by atoms with Crippen LogP contribution < -0.4 is 16.0 Å². The van der Waals surface area contributed by atoms with Crippen molar-refractivity contribution in [3.05, 3.63) is 18.0 Å². The van der Waals surface area contributed by atoms with Crippen molar-refractivity contribution in [2.45, 2.75) is 57.2 Å². The molecule has 4 heterocycles. The number of rotatable bonds is 8. The Labute approximate surface area is 203 Å². The van der Waals surface area contributed by atoms with Gasteiger partial charge >= 0.3 is 0 Å². The molecule has 0 saturated carbocycles. The number of amides is 2. The summed E-state index contributed by atoms with van der Waals surface area (Å²) in [6.07, 6.45) is 4.58. The van der Waals surface area contributed by atoms with Crippen LogP contribution in [0.2, 0.25) is 0 Å². The largest absolute Gasteiger partial charge is 0.387 e. The molecular weight excluding hydrogens is 474 g/mol. The van der Waals surface area contributed by atoms with E-state index in [1.807, 2.05) is 6.92 Å². The summed E-state index contributed by atoms with van der Waals surface area (Å²) < 4.78 is 25.6. The van der Waals surface area contributed by atoms with E-state index in [2.05, 4.69) is 31.2 Å². The van der Waals surface area contributed by atoms with Gasteiger partial charge in [0, 0.05) is 44.9 Å². The van der Waals surface area contributed by atoms with Gasteiger partial charge in [0.25, 0.3) is 0 Å². The molecule has 13 heteroatoms. The predicted octanol–water partition coefficient (Wildman–Crippen LogP) is 0.576. The molecule has 1 saturated heterocycles. The molecule has 0 aromatic carbocycles. The van der Waals surface area contributed by atoms with E-state index < -0.39 is 15.4 Å². The second-order valence-corrected chi connectivity index (χ2v) is 11.3. The molecule has 1 fully saturated rings. The molecule has 2 aromatic heterocycles. The number of sulfone groups is 1. The van der Waals surface area contributed by atoms with Gasteiger partial charge in [-0.15, -0.1) is 0 Å². The van der Waals surface area contributed by atoms with Crippen LogP contribution in [-0.4, -0.2) is 78.0 Å². The highest BCUT2D eigenvalue weighted by Crippen LogP contribution is 2.37. The molecule has 2 aliphatic heterocycles. The number of aromatic nitrogens is 3. The van der Waals surface area contributed by atoms with E-state index in [4.69, 9.17) is 4.84 Å². The quantitative estimate of drug-likeness (QED) is 0.470. The Balaban J connectivity index is 1.69. The SMILES string of the molecule is CCn1ncc2c(NC3CCS(=O)(=O)CC3)c(C3=NOC(CC(=O)NC)(CC(=O)NC)C3)cnc21. The molecule has 0 atom stereocenters. The number of nitrogens with one attached hydrogen (secondary N) is 3. The number of oxime groups is 1. The molecule has 0 aliphatic carbocycles. The summed E-state index contributed by atoms with van der Waals surface area (Å²) in [5.41, 5.74) is 1.56. The van der Waals surface area contributed by atoms with Gasteiger partial charge in [0.2, 0.25) is 11.8 Å². The number of fused-ring (bicyclic) bond motifs is 1. The lowest BCUT2D eigenvalue weighted by Crippen LogP contribution is -2.40. The first-order chi connectivity index (χ1) is 16.7. The van der Waals surface area contributed by atoms with Crippen molar-refractivity contribution in [1.29, 1.82) is 0 Å². The fraction of sp³-hybridized carbons (Fsp3) is 0.591. The van der Waals surface area contributed by atoms with Crippen molar-refractivity contribution in [1.82, 2.24) is 25.4 Å². The van der Waals surface area contributed by atoms with Gasteiger partial charge in [0.1, 0.15) is 9.84 Å². The maximum Gasteiger partial charge on any atom is 0.223 e. The minimum absolute atomic E-state index is 0.0311. The maximum absolute atomic E-state index is 12.2. The van der Waals surface area contributed by atoms with Crippen molar-refractivity contribution >= 4 is 44.1 Å². The average molecular weight is 506 g/mol. The lowest BCUT2D eigenvalue weighted by atomic mass is 9.87. The van der Waals surface area contributed by atoms with Crippen LogP contribution in [0.1, 0.15) is 44.6 Å². The second kappa shape index (κ2) is 9.80. The Bertz CT molecular complexity index is 1240. The molecule has 35 heavy (non-hydrogen) atoms. The number of carbonyl (C=O) groups excluding carboxylic acids is 2. The standard InChI is InChI=1S/C22H31N7O5S/c1-4-29-21-16(13-26-29)20(27-14-5-7-35(32,33)8-6-14)15(12-25-21)17-9-22(34-28-17,10-18(30)23-2)11-19(31)24-3/h12-14H,4-11H2,1-3H3,(H,23,30)(H,24,31)(H,25,27). The number of hydrogen-bond donors (Lipinski definition) is 3. The van der Waals surface area contributed by atoms with Gasteiger partial charge < -0.3 is 20.8 Å². The van der Waals surface area contributed by atoms with E-state index in [9.17, 15) is 18.0 Å². The minimum atomic E-state index is -3.01. The van der Waals surface area contributed by atoms with Gasteiger partial charge in [-0.1, -0.05) is 5.16 Å². The first-order valence-electron chi connectivity index (χ1n) is 11.7. The Hall–Kier alpha value is -3.22. The van der Waals surface area contributed by atoms with Crippen LogP contribution in [-0.2, 0) is 30.8 Å². The average Bonchev–Trinajstić information content (AvgIpc) is 3.44. The molecule has 2 amide bonds. The molecule has 2 aromatic rings. The fourth-order valence-corrected chi connectivity index (χ4v) is 6.04. The first kappa shape index (κ1) is 24.9. The van der Waals surface area contributed by atoms with E-state index in [0.717, 1.165) is 11.1 Å². The van der Waals surface area contributed by atoms with Gasteiger partial charge in [0.05, 0.1) is 47.3 Å². The van der Waals surface area contributed by atoms with Gasteiger partial charge in [-0.2, -0.15) is 5.10 Å². The van der Waals surface area contributed by atoms with E-state index in [1.54, 1.807) is 17.1 Å². The predicted molar refractivity (Wildman–Crippen MR) is 131 cm³/mol. The Morgan fingerprint density at radius 3 is 2.40 bits per heavy atom. The molecule has 3 N–H and O–H groups in total. The monoisotopic (exact) mass is 505 g/mol. The molecule has 0 radical (unpaired) electrons. The summed E-state index contributed by atoms with van der Waals surface area (Å²) in [6.45, 7) is 2.62. The van der Waals surface area contributed by atoms with Crippen molar-refractivity contribution in [2.75, 3.05) is 30.9 Å². The van der Waals surface area contributed by atoms with Crippen molar-refractivity contribution < 1.29 is 22.8 Å². The Kier molecular flexibility index (Phi) is 6.97. The first-order valence-corrected chi connectivity index (χ1v) is 13.5. The van der Waals surface area contributed by atoms with Crippen LogP contribution in [0.3, 0.4) is 0 Å². The molecule has 0 bridgehead atoms. The van der Waals surface area contributed by atoms with Gasteiger partial charge in [-0.25, -0.2) is 18.1 Å². The summed E-state index contributed by atoms with van der Waals surface area (Å²) in [5.74, 6) is -0.253. The molecule has 0 spiro atoms. The number of anilines is 1. The highest BCUT2D eigenvalue weighted by molar-refractivity contribution is 7.91. The number of nitrogens with zero attached hydrogens (tertiary/aromatic N) is 4.